The first-order valence-corrected chi connectivity index (χ1v) is 6.85. The average molecular weight is 273 g/mol. The van der Waals surface area contributed by atoms with Crippen molar-refractivity contribution in [1.29, 1.82) is 0 Å². The molecule has 0 saturated heterocycles. The highest BCUT2D eigenvalue weighted by molar-refractivity contribution is 5.78. The summed E-state index contributed by atoms with van der Waals surface area (Å²) in [6, 6.07) is -0.308. The third-order valence-electron chi connectivity index (χ3n) is 3.71. The molecule has 6 heteroatoms. The maximum absolute atomic E-state index is 11.6. The van der Waals surface area contributed by atoms with Gasteiger partial charge < -0.3 is 20.6 Å². The molecule has 0 atom stereocenters. The topological polar surface area (TPSA) is 81.7 Å². The van der Waals surface area contributed by atoms with E-state index in [9.17, 15) is 14.7 Å². The van der Waals surface area contributed by atoms with E-state index in [4.69, 9.17) is 0 Å². The van der Waals surface area contributed by atoms with Crippen LogP contribution in [0.2, 0.25) is 0 Å². The predicted octanol–water partition coefficient (Wildman–Crippen LogP) is 1.13. The number of carboxylic acid groups (broad SMARTS) is 1. The van der Waals surface area contributed by atoms with Gasteiger partial charge in [0.15, 0.2) is 0 Å². The minimum Gasteiger partial charge on any atom is -0.481 e. The molecular weight excluding hydrogens is 246 g/mol. The molecule has 0 rings (SSSR count). The van der Waals surface area contributed by atoms with Crippen LogP contribution in [0.4, 0.5) is 4.79 Å². The van der Waals surface area contributed by atoms with Gasteiger partial charge in [0.05, 0.1) is 5.41 Å². The van der Waals surface area contributed by atoms with Gasteiger partial charge >= 0.3 is 12.0 Å². The number of likely N-dealkylation sites (N-methyl/N-ethyl adjacent to an activating group) is 1. The van der Waals surface area contributed by atoms with Gasteiger partial charge in [-0.3, -0.25) is 4.79 Å². The Bertz CT molecular complexity index is 291. The summed E-state index contributed by atoms with van der Waals surface area (Å²) in [5.41, 5.74) is -0.864. The second-order valence-corrected chi connectivity index (χ2v) is 4.80. The molecule has 0 fully saturated rings. The average Bonchev–Trinajstić information content (AvgIpc) is 2.39. The minimum absolute atomic E-state index is 0.158. The Morgan fingerprint density at radius 3 is 2.16 bits per heavy atom. The van der Waals surface area contributed by atoms with Crippen molar-refractivity contribution in [2.24, 2.45) is 5.41 Å². The van der Waals surface area contributed by atoms with Crippen LogP contribution in [0.25, 0.3) is 0 Å². The fraction of sp³-hybridized carbons (Fsp3) is 0.846. The second-order valence-electron chi connectivity index (χ2n) is 4.80. The monoisotopic (exact) mass is 273 g/mol. The van der Waals surface area contributed by atoms with Crippen LogP contribution in [0, 0.1) is 5.41 Å². The summed E-state index contributed by atoms with van der Waals surface area (Å²) in [5, 5.41) is 14.6. The van der Waals surface area contributed by atoms with Gasteiger partial charge in [-0.05, 0) is 26.4 Å². The molecule has 6 nitrogen and oxygen atoms in total. The standard InChI is InChI=1S/C13H27N3O3/c1-5-13(6-2,11(17)18)10-15-12(19)14-8-9-16(4)7-3/h5-10H2,1-4H3,(H,17,18)(H2,14,15,19). The molecule has 19 heavy (non-hydrogen) atoms. The Balaban J connectivity index is 4.10. The van der Waals surface area contributed by atoms with Gasteiger partial charge in [0.2, 0.25) is 0 Å². The normalized spacial score (nSPS) is 11.4. The van der Waals surface area contributed by atoms with Crippen molar-refractivity contribution in [1.82, 2.24) is 15.5 Å². The molecule has 0 aliphatic heterocycles. The number of amides is 2. The molecule has 0 aliphatic carbocycles. The number of aliphatic carboxylic acids is 1. The van der Waals surface area contributed by atoms with E-state index < -0.39 is 11.4 Å². The second kappa shape index (κ2) is 8.74. The van der Waals surface area contributed by atoms with E-state index in [1.54, 1.807) is 0 Å². The number of urea groups is 1. The lowest BCUT2D eigenvalue weighted by Gasteiger charge is -2.26. The minimum atomic E-state index is -0.864. The smallest absolute Gasteiger partial charge is 0.314 e. The van der Waals surface area contributed by atoms with Crippen LogP contribution >= 0.6 is 0 Å². The maximum Gasteiger partial charge on any atom is 0.314 e. The summed E-state index contributed by atoms with van der Waals surface area (Å²) in [7, 11) is 1.98. The first kappa shape index (κ1) is 17.7. The Labute approximate surface area is 115 Å². The van der Waals surface area contributed by atoms with E-state index in [1.807, 2.05) is 27.8 Å². The van der Waals surface area contributed by atoms with Crippen LogP contribution in [0.5, 0.6) is 0 Å². The van der Waals surface area contributed by atoms with Crippen molar-refractivity contribution in [2.45, 2.75) is 33.6 Å². The highest BCUT2D eigenvalue weighted by Gasteiger charge is 2.35. The molecule has 112 valence electrons. The molecule has 0 radical (unpaired) electrons. The van der Waals surface area contributed by atoms with Gasteiger partial charge in [-0.2, -0.15) is 0 Å². The molecule has 2 amide bonds. The number of carboxylic acids is 1. The molecule has 0 aromatic heterocycles. The Hall–Kier alpha value is -1.30. The molecular formula is C13H27N3O3. The molecule has 3 N–H and O–H groups in total. The lowest BCUT2D eigenvalue weighted by Crippen LogP contribution is -2.46. The molecule has 0 heterocycles. The van der Waals surface area contributed by atoms with Crippen LogP contribution in [-0.4, -0.2) is 55.2 Å². The van der Waals surface area contributed by atoms with E-state index in [-0.39, 0.29) is 12.6 Å². The first-order chi connectivity index (χ1) is 8.91. The summed E-state index contributed by atoms with van der Waals surface area (Å²) in [6.45, 7) is 8.11. The van der Waals surface area contributed by atoms with Crippen molar-refractivity contribution in [3.63, 3.8) is 0 Å². The molecule has 0 unspecified atom stereocenters. The van der Waals surface area contributed by atoms with Crippen molar-refractivity contribution >= 4 is 12.0 Å². The van der Waals surface area contributed by atoms with Gasteiger partial charge in [0.25, 0.3) is 0 Å². The zero-order chi connectivity index (χ0) is 14.9. The summed E-state index contributed by atoms with van der Waals surface area (Å²) in [4.78, 5) is 24.9. The van der Waals surface area contributed by atoms with E-state index >= 15 is 0 Å². The number of nitrogens with zero attached hydrogens (tertiary/aromatic N) is 1. The molecule has 0 spiro atoms. The molecule has 0 aliphatic rings. The van der Waals surface area contributed by atoms with Gasteiger partial charge in [0, 0.05) is 19.6 Å². The van der Waals surface area contributed by atoms with Crippen molar-refractivity contribution in [2.75, 3.05) is 33.2 Å². The number of hydrogen-bond donors (Lipinski definition) is 3. The fourth-order valence-corrected chi connectivity index (χ4v) is 1.71. The van der Waals surface area contributed by atoms with Gasteiger partial charge in [0.1, 0.15) is 0 Å². The molecule has 0 bridgehead atoms. The van der Waals surface area contributed by atoms with E-state index in [1.165, 1.54) is 0 Å². The van der Waals surface area contributed by atoms with Crippen LogP contribution in [-0.2, 0) is 4.79 Å². The zero-order valence-corrected chi connectivity index (χ0v) is 12.5. The quantitative estimate of drug-likeness (QED) is 0.588. The van der Waals surface area contributed by atoms with E-state index in [0.717, 1.165) is 13.1 Å². The van der Waals surface area contributed by atoms with Gasteiger partial charge in [-0.1, -0.05) is 20.8 Å². The van der Waals surface area contributed by atoms with Crippen molar-refractivity contribution < 1.29 is 14.7 Å². The number of carbonyl (C=O) groups is 2. The first-order valence-electron chi connectivity index (χ1n) is 6.85. The largest absolute Gasteiger partial charge is 0.481 e. The van der Waals surface area contributed by atoms with E-state index in [0.29, 0.717) is 19.4 Å². The SMILES string of the molecule is CCN(C)CCNC(=O)NCC(CC)(CC)C(=O)O. The summed E-state index contributed by atoms with van der Waals surface area (Å²) in [6.07, 6.45) is 0.995. The number of nitrogens with one attached hydrogen (secondary N) is 2. The predicted molar refractivity (Wildman–Crippen MR) is 75.2 cm³/mol. The van der Waals surface area contributed by atoms with Crippen LogP contribution < -0.4 is 10.6 Å². The summed E-state index contributed by atoms with van der Waals surface area (Å²) < 4.78 is 0. The number of hydrogen-bond acceptors (Lipinski definition) is 3. The summed E-state index contributed by atoms with van der Waals surface area (Å²) in [5.74, 6) is -0.858. The van der Waals surface area contributed by atoms with Crippen molar-refractivity contribution in [3.8, 4) is 0 Å². The highest BCUT2D eigenvalue weighted by atomic mass is 16.4. The third-order valence-corrected chi connectivity index (χ3v) is 3.71. The Morgan fingerprint density at radius 2 is 1.74 bits per heavy atom. The number of rotatable bonds is 9. The maximum atomic E-state index is 11.6. The van der Waals surface area contributed by atoms with Crippen LogP contribution in [0.1, 0.15) is 33.6 Å². The van der Waals surface area contributed by atoms with Gasteiger partial charge in [-0.15, -0.1) is 0 Å². The summed E-state index contributed by atoms with van der Waals surface area (Å²) >= 11 is 0. The third kappa shape index (κ3) is 5.92. The Kier molecular flexibility index (Phi) is 8.14. The van der Waals surface area contributed by atoms with Crippen molar-refractivity contribution in [3.05, 3.63) is 0 Å². The van der Waals surface area contributed by atoms with Gasteiger partial charge in [-0.25, -0.2) is 4.79 Å². The number of carbonyl (C=O) groups excluding carboxylic acids is 1. The molecule has 0 aromatic rings. The van der Waals surface area contributed by atoms with Crippen LogP contribution in [0.15, 0.2) is 0 Å². The van der Waals surface area contributed by atoms with Crippen LogP contribution in [0.3, 0.4) is 0 Å². The zero-order valence-electron chi connectivity index (χ0n) is 12.5. The molecule has 0 aromatic carbocycles. The molecule has 0 saturated carbocycles. The lowest BCUT2D eigenvalue weighted by atomic mass is 9.82. The van der Waals surface area contributed by atoms with E-state index in [2.05, 4.69) is 15.5 Å². The fourth-order valence-electron chi connectivity index (χ4n) is 1.71. The lowest BCUT2D eigenvalue weighted by molar-refractivity contribution is -0.149. The Morgan fingerprint density at radius 1 is 1.16 bits per heavy atom. The highest BCUT2D eigenvalue weighted by Crippen LogP contribution is 2.25.